The van der Waals surface area contributed by atoms with Gasteiger partial charge in [-0.2, -0.15) is 5.10 Å². The second-order valence-electron chi connectivity index (χ2n) is 6.89. The van der Waals surface area contributed by atoms with Gasteiger partial charge < -0.3 is 15.4 Å². The van der Waals surface area contributed by atoms with E-state index in [1.54, 1.807) is 18.2 Å². The van der Waals surface area contributed by atoms with E-state index in [0.29, 0.717) is 16.6 Å². The van der Waals surface area contributed by atoms with Crippen LogP contribution in [-0.2, 0) is 9.59 Å². The molecular weight excluding hydrogens is 352 g/mol. The number of hydrogen-bond acceptors (Lipinski definition) is 6. The SMILES string of the molecule is COc1ccccc1NC(=O)C[C@H]1S/C(=N/N=C(/C)C(C)(C)C)NC1=O. The summed E-state index contributed by atoms with van der Waals surface area (Å²) in [4.78, 5) is 24.3. The highest BCUT2D eigenvalue weighted by atomic mass is 32.2. The summed E-state index contributed by atoms with van der Waals surface area (Å²) in [5.74, 6) is 0.0592. The number of carbonyl (C=O) groups excluding carboxylic acids is 2. The summed E-state index contributed by atoms with van der Waals surface area (Å²) in [5.41, 5.74) is 1.34. The number of benzene rings is 1. The molecule has 1 aromatic rings. The number of anilines is 1. The predicted molar refractivity (Wildman–Crippen MR) is 106 cm³/mol. The zero-order chi connectivity index (χ0) is 19.3. The second-order valence-corrected chi connectivity index (χ2v) is 8.08. The number of nitrogens with zero attached hydrogens (tertiary/aromatic N) is 2. The molecule has 140 valence electrons. The largest absolute Gasteiger partial charge is 0.495 e. The van der Waals surface area contributed by atoms with E-state index in [1.807, 2.05) is 33.8 Å². The summed E-state index contributed by atoms with van der Waals surface area (Å²) in [6.45, 7) is 8.01. The molecule has 2 N–H and O–H groups in total. The minimum Gasteiger partial charge on any atom is -0.495 e. The minimum atomic E-state index is -0.534. The molecule has 7 nitrogen and oxygen atoms in total. The lowest BCUT2D eigenvalue weighted by atomic mass is 9.91. The van der Waals surface area contributed by atoms with Gasteiger partial charge in [0.2, 0.25) is 11.8 Å². The Morgan fingerprint density at radius 1 is 1.35 bits per heavy atom. The van der Waals surface area contributed by atoms with E-state index < -0.39 is 5.25 Å². The van der Waals surface area contributed by atoms with Gasteiger partial charge in [0.25, 0.3) is 0 Å². The standard InChI is InChI=1S/C18H24N4O3S/c1-11(18(2,3)4)21-22-17-20-16(24)14(26-17)10-15(23)19-12-8-6-7-9-13(12)25-5/h6-9,14H,10H2,1-5H3,(H,19,23)(H,20,22,24)/b21-11-/t14-/m1/s1. The first-order chi connectivity index (χ1) is 12.2. The number of methoxy groups -OCH3 is 1. The van der Waals surface area contributed by atoms with Crippen LogP contribution in [0.15, 0.2) is 34.5 Å². The van der Waals surface area contributed by atoms with Crippen LogP contribution in [0.1, 0.15) is 34.1 Å². The van der Waals surface area contributed by atoms with Gasteiger partial charge in [0.1, 0.15) is 11.0 Å². The molecule has 0 radical (unpaired) electrons. The Kier molecular flexibility index (Phi) is 6.42. The van der Waals surface area contributed by atoms with Crippen LogP contribution in [-0.4, -0.2) is 35.1 Å². The fourth-order valence-electron chi connectivity index (χ4n) is 1.97. The van der Waals surface area contributed by atoms with Crippen molar-refractivity contribution in [2.75, 3.05) is 12.4 Å². The monoisotopic (exact) mass is 376 g/mol. The van der Waals surface area contributed by atoms with Crippen molar-refractivity contribution in [1.82, 2.24) is 5.32 Å². The summed E-state index contributed by atoms with van der Waals surface area (Å²) in [6, 6.07) is 7.12. The summed E-state index contributed by atoms with van der Waals surface area (Å²) in [7, 11) is 1.54. The number of thioether (sulfide) groups is 1. The number of para-hydroxylation sites is 2. The van der Waals surface area contributed by atoms with Crippen LogP contribution in [0, 0.1) is 5.41 Å². The Morgan fingerprint density at radius 3 is 2.69 bits per heavy atom. The number of carbonyl (C=O) groups is 2. The van der Waals surface area contributed by atoms with Gasteiger partial charge >= 0.3 is 0 Å². The van der Waals surface area contributed by atoms with Crippen LogP contribution in [0.25, 0.3) is 0 Å². The number of amides is 2. The summed E-state index contributed by atoms with van der Waals surface area (Å²) in [5, 5.41) is 13.6. The van der Waals surface area contributed by atoms with Crippen LogP contribution in [0.2, 0.25) is 0 Å². The van der Waals surface area contributed by atoms with Crippen LogP contribution >= 0.6 is 11.8 Å². The van der Waals surface area contributed by atoms with Crippen LogP contribution in [0.3, 0.4) is 0 Å². The quantitative estimate of drug-likeness (QED) is 0.610. The number of hydrogen-bond donors (Lipinski definition) is 2. The van der Waals surface area contributed by atoms with Crippen molar-refractivity contribution in [2.45, 2.75) is 39.4 Å². The zero-order valence-corrected chi connectivity index (χ0v) is 16.4. The molecule has 0 unspecified atom stereocenters. The maximum absolute atomic E-state index is 12.3. The molecule has 1 fully saturated rings. The molecule has 1 saturated heterocycles. The fourth-order valence-corrected chi connectivity index (χ4v) is 2.89. The van der Waals surface area contributed by atoms with E-state index in [-0.39, 0.29) is 23.7 Å². The van der Waals surface area contributed by atoms with Crippen LogP contribution in [0.5, 0.6) is 5.75 Å². The average Bonchev–Trinajstić information content (AvgIpc) is 2.91. The first-order valence-electron chi connectivity index (χ1n) is 8.24. The van der Waals surface area contributed by atoms with E-state index >= 15 is 0 Å². The minimum absolute atomic E-state index is 0.0372. The van der Waals surface area contributed by atoms with E-state index in [0.717, 1.165) is 5.71 Å². The van der Waals surface area contributed by atoms with Gasteiger partial charge in [-0.25, -0.2) is 0 Å². The lowest BCUT2D eigenvalue weighted by molar-refractivity contribution is -0.122. The fraction of sp³-hybridized carbons (Fsp3) is 0.444. The normalized spacial score (nSPS) is 19.4. The lowest BCUT2D eigenvalue weighted by Gasteiger charge is -2.16. The topological polar surface area (TPSA) is 92.2 Å². The highest BCUT2D eigenvalue weighted by Crippen LogP contribution is 2.26. The molecule has 1 atom stereocenters. The molecule has 2 amide bonds. The summed E-state index contributed by atoms with van der Waals surface area (Å²) < 4.78 is 5.20. The first kappa shape index (κ1) is 20.0. The predicted octanol–water partition coefficient (Wildman–Crippen LogP) is 3.03. The van der Waals surface area contributed by atoms with Crippen molar-refractivity contribution in [3.63, 3.8) is 0 Å². The highest BCUT2D eigenvalue weighted by molar-refractivity contribution is 8.15. The van der Waals surface area contributed by atoms with Crippen molar-refractivity contribution in [2.24, 2.45) is 15.6 Å². The van der Waals surface area contributed by atoms with Crippen molar-refractivity contribution in [3.05, 3.63) is 24.3 Å². The third kappa shape index (κ3) is 5.32. The number of ether oxygens (including phenoxy) is 1. The summed E-state index contributed by atoms with van der Waals surface area (Å²) in [6.07, 6.45) is 0.0372. The van der Waals surface area contributed by atoms with E-state index in [1.165, 1.54) is 18.9 Å². The Bertz CT molecular complexity index is 753. The maximum atomic E-state index is 12.3. The molecule has 1 aliphatic heterocycles. The molecule has 0 bridgehead atoms. The first-order valence-corrected chi connectivity index (χ1v) is 9.12. The van der Waals surface area contributed by atoms with Crippen molar-refractivity contribution in [3.8, 4) is 5.75 Å². The van der Waals surface area contributed by atoms with E-state index in [9.17, 15) is 9.59 Å². The Labute approximate surface area is 157 Å². The Balaban J connectivity index is 1.98. The molecule has 8 heteroatoms. The molecule has 0 aliphatic carbocycles. The van der Waals surface area contributed by atoms with Crippen molar-refractivity contribution < 1.29 is 14.3 Å². The number of nitrogens with one attached hydrogen (secondary N) is 2. The van der Waals surface area contributed by atoms with Crippen molar-refractivity contribution in [1.29, 1.82) is 0 Å². The molecule has 26 heavy (non-hydrogen) atoms. The van der Waals surface area contributed by atoms with Gasteiger partial charge in [0, 0.05) is 17.5 Å². The van der Waals surface area contributed by atoms with Gasteiger partial charge in [0.15, 0.2) is 5.17 Å². The average molecular weight is 376 g/mol. The molecule has 2 rings (SSSR count). The molecule has 1 aliphatic rings. The molecule has 0 aromatic heterocycles. The number of amidine groups is 1. The van der Waals surface area contributed by atoms with Crippen molar-refractivity contribution >= 4 is 40.1 Å². The number of rotatable bonds is 5. The summed E-state index contributed by atoms with van der Waals surface area (Å²) >= 11 is 1.21. The van der Waals surface area contributed by atoms with E-state index in [2.05, 4.69) is 20.8 Å². The zero-order valence-electron chi connectivity index (χ0n) is 15.6. The molecule has 1 aromatic carbocycles. The lowest BCUT2D eigenvalue weighted by Crippen LogP contribution is -2.28. The molecule has 0 saturated carbocycles. The van der Waals surface area contributed by atoms with Crippen LogP contribution in [0.4, 0.5) is 5.69 Å². The smallest absolute Gasteiger partial charge is 0.240 e. The van der Waals surface area contributed by atoms with E-state index in [4.69, 9.17) is 4.74 Å². The van der Waals surface area contributed by atoms with Gasteiger partial charge in [-0.15, -0.1) is 5.10 Å². The van der Waals surface area contributed by atoms with Gasteiger partial charge in [0.05, 0.1) is 12.8 Å². The Morgan fingerprint density at radius 2 is 2.04 bits per heavy atom. The van der Waals surface area contributed by atoms with Gasteiger partial charge in [-0.1, -0.05) is 44.7 Å². The molecule has 1 heterocycles. The van der Waals surface area contributed by atoms with Gasteiger partial charge in [-0.05, 0) is 19.1 Å². The van der Waals surface area contributed by atoms with Gasteiger partial charge in [-0.3, -0.25) is 9.59 Å². The molecule has 0 spiro atoms. The molecular formula is C18H24N4O3S. The third-order valence-corrected chi connectivity index (χ3v) is 4.98. The Hall–Kier alpha value is -2.35. The highest BCUT2D eigenvalue weighted by Gasteiger charge is 2.32. The third-order valence-electron chi connectivity index (χ3n) is 3.90. The maximum Gasteiger partial charge on any atom is 0.240 e. The second kappa shape index (κ2) is 8.35. The van der Waals surface area contributed by atoms with Crippen LogP contribution < -0.4 is 15.4 Å².